The van der Waals surface area contributed by atoms with E-state index in [0.29, 0.717) is 6.04 Å². The topological polar surface area (TPSA) is 15.3 Å². The van der Waals surface area contributed by atoms with Gasteiger partial charge in [0.1, 0.15) is 0 Å². The van der Waals surface area contributed by atoms with Gasteiger partial charge in [0.05, 0.1) is 0 Å². The van der Waals surface area contributed by atoms with Crippen molar-refractivity contribution < 1.29 is 0 Å². The third-order valence-electron chi connectivity index (χ3n) is 3.09. The molecular weight excluding hydrogens is 256 g/mol. The lowest BCUT2D eigenvalue weighted by molar-refractivity contribution is 0.589. The molecule has 2 nitrogen and oxygen atoms in total. The SMILES string of the molecule is CCCN(CCC)c1ccc(CNC(C)C)c(Cl)c1. The molecule has 0 saturated heterocycles. The third kappa shape index (κ3) is 5.42. The minimum atomic E-state index is 0.479. The molecule has 0 atom stereocenters. The molecule has 0 amide bonds. The van der Waals surface area contributed by atoms with E-state index in [-0.39, 0.29) is 0 Å². The Bertz CT molecular complexity index is 371. The second kappa shape index (κ2) is 8.44. The second-order valence-corrected chi connectivity index (χ2v) is 5.71. The molecule has 0 saturated carbocycles. The van der Waals surface area contributed by atoms with Crippen molar-refractivity contribution in [2.24, 2.45) is 0 Å². The maximum atomic E-state index is 6.39. The summed E-state index contributed by atoms with van der Waals surface area (Å²) in [6.45, 7) is 11.7. The Kier molecular flexibility index (Phi) is 7.25. The fourth-order valence-corrected chi connectivity index (χ4v) is 2.34. The van der Waals surface area contributed by atoms with E-state index in [1.165, 1.54) is 11.3 Å². The van der Waals surface area contributed by atoms with Crippen molar-refractivity contribution in [3.05, 3.63) is 28.8 Å². The van der Waals surface area contributed by atoms with Crippen LogP contribution >= 0.6 is 11.6 Å². The van der Waals surface area contributed by atoms with Gasteiger partial charge >= 0.3 is 0 Å². The summed E-state index contributed by atoms with van der Waals surface area (Å²) in [4.78, 5) is 2.41. The summed E-state index contributed by atoms with van der Waals surface area (Å²) in [5.41, 5.74) is 2.41. The van der Waals surface area contributed by atoms with Crippen LogP contribution in [-0.4, -0.2) is 19.1 Å². The molecule has 0 spiro atoms. The van der Waals surface area contributed by atoms with Crippen LogP contribution in [0.3, 0.4) is 0 Å². The van der Waals surface area contributed by atoms with Gasteiger partial charge < -0.3 is 10.2 Å². The van der Waals surface area contributed by atoms with Crippen LogP contribution in [0.2, 0.25) is 5.02 Å². The Morgan fingerprint density at radius 3 is 2.26 bits per heavy atom. The van der Waals surface area contributed by atoms with Crippen molar-refractivity contribution >= 4 is 17.3 Å². The van der Waals surface area contributed by atoms with Crippen LogP contribution in [0, 0.1) is 0 Å². The number of halogens is 1. The number of rotatable bonds is 8. The molecule has 108 valence electrons. The van der Waals surface area contributed by atoms with Crippen molar-refractivity contribution in [2.45, 2.75) is 53.1 Å². The van der Waals surface area contributed by atoms with Gasteiger partial charge in [0, 0.05) is 36.4 Å². The lowest BCUT2D eigenvalue weighted by atomic mass is 10.1. The van der Waals surface area contributed by atoms with Crippen LogP contribution in [0.1, 0.15) is 46.1 Å². The summed E-state index contributed by atoms with van der Waals surface area (Å²) in [5, 5.41) is 4.27. The quantitative estimate of drug-likeness (QED) is 0.757. The van der Waals surface area contributed by atoms with Crippen molar-refractivity contribution in [3.8, 4) is 0 Å². The van der Waals surface area contributed by atoms with E-state index in [9.17, 15) is 0 Å². The maximum absolute atomic E-state index is 6.39. The molecule has 0 bridgehead atoms. The van der Waals surface area contributed by atoms with Gasteiger partial charge in [0.25, 0.3) is 0 Å². The van der Waals surface area contributed by atoms with Crippen molar-refractivity contribution in [2.75, 3.05) is 18.0 Å². The summed E-state index contributed by atoms with van der Waals surface area (Å²) in [5.74, 6) is 0. The lowest BCUT2D eigenvalue weighted by Crippen LogP contribution is -2.25. The average Bonchev–Trinajstić information content (AvgIpc) is 2.37. The van der Waals surface area contributed by atoms with E-state index in [0.717, 1.165) is 37.5 Å². The molecule has 19 heavy (non-hydrogen) atoms. The molecule has 0 heterocycles. The monoisotopic (exact) mass is 282 g/mol. The molecule has 0 fully saturated rings. The number of benzene rings is 1. The predicted octanol–water partition coefficient (Wildman–Crippen LogP) is 4.46. The maximum Gasteiger partial charge on any atom is 0.0471 e. The minimum Gasteiger partial charge on any atom is -0.372 e. The van der Waals surface area contributed by atoms with Crippen molar-refractivity contribution in [1.29, 1.82) is 0 Å². The predicted molar refractivity (Wildman–Crippen MR) is 86.2 cm³/mol. The Balaban J connectivity index is 2.78. The zero-order valence-electron chi connectivity index (χ0n) is 12.7. The van der Waals surface area contributed by atoms with Crippen LogP contribution in [-0.2, 0) is 6.54 Å². The highest BCUT2D eigenvalue weighted by Crippen LogP contribution is 2.24. The van der Waals surface area contributed by atoms with E-state index in [2.05, 4.69) is 56.1 Å². The number of hydrogen-bond donors (Lipinski definition) is 1. The molecule has 0 aromatic heterocycles. The normalized spacial score (nSPS) is 11.1. The Labute approximate surface area is 123 Å². The van der Waals surface area contributed by atoms with Gasteiger partial charge in [-0.15, -0.1) is 0 Å². The van der Waals surface area contributed by atoms with Gasteiger partial charge in [-0.2, -0.15) is 0 Å². The average molecular weight is 283 g/mol. The molecule has 1 aromatic carbocycles. The zero-order valence-corrected chi connectivity index (χ0v) is 13.4. The molecule has 1 N–H and O–H groups in total. The van der Waals surface area contributed by atoms with Crippen LogP contribution in [0.25, 0.3) is 0 Å². The summed E-state index contributed by atoms with van der Waals surface area (Å²) < 4.78 is 0. The van der Waals surface area contributed by atoms with E-state index in [4.69, 9.17) is 11.6 Å². The fourth-order valence-electron chi connectivity index (χ4n) is 2.10. The van der Waals surface area contributed by atoms with Crippen LogP contribution in [0.4, 0.5) is 5.69 Å². The Morgan fingerprint density at radius 1 is 1.16 bits per heavy atom. The van der Waals surface area contributed by atoms with Gasteiger partial charge in [-0.1, -0.05) is 45.4 Å². The summed E-state index contributed by atoms with van der Waals surface area (Å²) in [7, 11) is 0. The fraction of sp³-hybridized carbons (Fsp3) is 0.625. The second-order valence-electron chi connectivity index (χ2n) is 5.30. The van der Waals surface area contributed by atoms with E-state index >= 15 is 0 Å². The highest BCUT2D eigenvalue weighted by atomic mass is 35.5. The molecule has 3 heteroatoms. The number of nitrogens with one attached hydrogen (secondary N) is 1. The molecular formula is C16H27ClN2. The summed E-state index contributed by atoms with van der Waals surface area (Å²) in [6, 6.07) is 6.91. The van der Waals surface area contributed by atoms with Gasteiger partial charge in [-0.3, -0.25) is 0 Å². The number of hydrogen-bond acceptors (Lipinski definition) is 2. The van der Waals surface area contributed by atoms with Gasteiger partial charge in [-0.05, 0) is 30.5 Å². The van der Waals surface area contributed by atoms with Crippen molar-refractivity contribution in [1.82, 2.24) is 5.32 Å². The van der Waals surface area contributed by atoms with Crippen molar-refractivity contribution in [3.63, 3.8) is 0 Å². The molecule has 0 aliphatic heterocycles. The van der Waals surface area contributed by atoms with Crippen LogP contribution in [0.5, 0.6) is 0 Å². The number of anilines is 1. The molecule has 0 aliphatic rings. The molecule has 0 unspecified atom stereocenters. The highest BCUT2D eigenvalue weighted by molar-refractivity contribution is 6.31. The van der Waals surface area contributed by atoms with Crippen LogP contribution < -0.4 is 10.2 Å². The number of nitrogens with zero attached hydrogens (tertiary/aromatic N) is 1. The summed E-state index contributed by atoms with van der Waals surface area (Å²) in [6.07, 6.45) is 2.32. The van der Waals surface area contributed by atoms with E-state index < -0.39 is 0 Å². The third-order valence-corrected chi connectivity index (χ3v) is 3.44. The minimum absolute atomic E-state index is 0.479. The van der Waals surface area contributed by atoms with Gasteiger partial charge in [-0.25, -0.2) is 0 Å². The van der Waals surface area contributed by atoms with E-state index in [1.807, 2.05) is 0 Å². The molecule has 1 aromatic rings. The molecule has 1 rings (SSSR count). The first kappa shape index (κ1) is 16.3. The van der Waals surface area contributed by atoms with Gasteiger partial charge in [0.2, 0.25) is 0 Å². The first-order valence-corrected chi connectivity index (χ1v) is 7.73. The first-order valence-electron chi connectivity index (χ1n) is 7.35. The Morgan fingerprint density at radius 2 is 1.79 bits per heavy atom. The standard InChI is InChI=1S/C16H27ClN2/c1-5-9-19(10-6-2)15-8-7-14(16(17)11-15)12-18-13(3)4/h7-8,11,13,18H,5-6,9-10,12H2,1-4H3. The van der Waals surface area contributed by atoms with E-state index in [1.54, 1.807) is 0 Å². The zero-order chi connectivity index (χ0) is 14.3. The van der Waals surface area contributed by atoms with Crippen LogP contribution in [0.15, 0.2) is 18.2 Å². The smallest absolute Gasteiger partial charge is 0.0471 e. The highest BCUT2D eigenvalue weighted by Gasteiger charge is 2.08. The molecule has 0 radical (unpaired) electrons. The largest absolute Gasteiger partial charge is 0.372 e. The molecule has 0 aliphatic carbocycles. The lowest BCUT2D eigenvalue weighted by Gasteiger charge is -2.24. The first-order chi connectivity index (χ1) is 9.08. The Hall–Kier alpha value is -0.730. The summed E-state index contributed by atoms with van der Waals surface area (Å²) >= 11 is 6.39. The van der Waals surface area contributed by atoms with Gasteiger partial charge in [0.15, 0.2) is 0 Å².